The molecule has 1 heterocycles. The van der Waals surface area contributed by atoms with E-state index in [-0.39, 0.29) is 5.41 Å². The topological polar surface area (TPSA) is 36.7 Å². The van der Waals surface area contributed by atoms with Crippen LogP contribution in [0.1, 0.15) is 31.5 Å². The SMILES string of the molecule is CC(C)(C)c1nc(/C=C/C#N)cs1. The van der Waals surface area contributed by atoms with Crippen LogP contribution in [0, 0.1) is 11.3 Å². The molecule has 0 aliphatic carbocycles. The maximum atomic E-state index is 8.33. The van der Waals surface area contributed by atoms with Gasteiger partial charge in [0.2, 0.25) is 0 Å². The number of hydrogen-bond donors (Lipinski definition) is 0. The summed E-state index contributed by atoms with van der Waals surface area (Å²) in [5, 5.41) is 11.4. The Morgan fingerprint density at radius 1 is 1.54 bits per heavy atom. The van der Waals surface area contributed by atoms with E-state index in [0.717, 1.165) is 10.7 Å². The molecule has 0 saturated heterocycles. The summed E-state index contributed by atoms with van der Waals surface area (Å²) in [6, 6.07) is 1.95. The minimum atomic E-state index is 0.101. The zero-order valence-electron chi connectivity index (χ0n) is 8.03. The predicted molar refractivity (Wildman–Crippen MR) is 55.5 cm³/mol. The Balaban J connectivity index is 2.89. The standard InChI is InChI=1S/C10H12N2S/c1-10(2,3)9-12-8(7-13-9)5-4-6-11/h4-5,7H,1-3H3/b5-4+. The van der Waals surface area contributed by atoms with Gasteiger partial charge in [0.1, 0.15) is 0 Å². The third-order valence-electron chi connectivity index (χ3n) is 1.49. The quantitative estimate of drug-likeness (QED) is 0.641. The highest BCUT2D eigenvalue weighted by molar-refractivity contribution is 7.09. The van der Waals surface area contributed by atoms with Crippen molar-refractivity contribution in [1.82, 2.24) is 4.98 Å². The van der Waals surface area contributed by atoms with Crippen LogP contribution < -0.4 is 0 Å². The summed E-state index contributed by atoms with van der Waals surface area (Å²) in [6.07, 6.45) is 3.17. The molecule has 0 atom stereocenters. The fourth-order valence-corrected chi connectivity index (χ4v) is 1.71. The van der Waals surface area contributed by atoms with E-state index in [1.807, 2.05) is 11.4 Å². The molecule has 0 radical (unpaired) electrons. The summed E-state index contributed by atoms with van der Waals surface area (Å²) in [4.78, 5) is 4.40. The number of allylic oxidation sites excluding steroid dienone is 1. The maximum Gasteiger partial charge on any atom is 0.0985 e. The number of thiazole rings is 1. The Morgan fingerprint density at radius 3 is 2.69 bits per heavy atom. The Kier molecular flexibility index (Phi) is 2.84. The van der Waals surface area contributed by atoms with Crippen LogP contribution in [-0.4, -0.2) is 4.98 Å². The number of aromatic nitrogens is 1. The van der Waals surface area contributed by atoms with Crippen LogP contribution in [0.2, 0.25) is 0 Å². The zero-order valence-corrected chi connectivity index (χ0v) is 8.85. The second-order valence-corrected chi connectivity index (χ2v) is 4.65. The van der Waals surface area contributed by atoms with Gasteiger partial charge in [0.05, 0.1) is 16.8 Å². The smallest absolute Gasteiger partial charge is 0.0985 e. The molecule has 1 rings (SSSR count). The summed E-state index contributed by atoms with van der Waals surface area (Å²) in [6.45, 7) is 6.39. The summed E-state index contributed by atoms with van der Waals surface area (Å²) < 4.78 is 0. The molecule has 0 amide bonds. The lowest BCUT2D eigenvalue weighted by Crippen LogP contribution is -2.10. The molecule has 68 valence electrons. The van der Waals surface area contributed by atoms with E-state index in [2.05, 4.69) is 25.8 Å². The lowest BCUT2D eigenvalue weighted by Gasteiger charge is -2.13. The van der Waals surface area contributed by atoms with E-state index >= 15 is 0 Å². The molecule has 1 aromatic heterocycles. The fourth-order valence-electron chi connectivity index (χ4n) is 0.830. The second kappa shape index (κ2) is 3.71. The minimum Gasteiger partial charge on any atom is -0.241 e. The van der Waals surface area contributed by atoms with Crippen LogP contribution in [-0.2, 0) is 5.41 Å². The van der Waals surface area contributed by atoms with E-state index in [0.29, 0.717) is 0 Å². The third-order valence-corrected chi connectivity index (χ3v) is 2.78. The number of nitrogens with zero attached hydrogens (tertiary/aromatic N) is 2. The molecular formula is C10H12N2S. The summed E-state index contributed by atoms with van der Waals surface area (Å²) >= 11 is 1.64. The largest absolute Gasteiger partial charge is 0.241 e. The van der Waals surface area contributed by atoms with Crippen LogP contribution in [0.25, 0.3) is 6.08 Å². The van der Waals surface area contributed by atoms with Gasteiger partial charge >= 0.3 is 0 Å². The molecule has 2 nitrogen and oxygen atoms in total. The molecule has 0 fully saturated rings. The second-order valence-electron chi connectivity index (χ2n) is 3.79. The van der Waals surface area contributed by atoms with Crippen molar-refractivity contribution in [3.63, 3.8) is 0 Å². The van der Waals surface area contributed by atoms with Crippen molar-refractivity contribution >= 4 is 17.4 Å². The molecule has 3 heteroatoms. The molecule has 0 N–H and O–H groups in total. The van der Waals surface area contributed by atoms with Crippen molar-refractivity contribution < 1.29 is 0 Å². The van der Waals surface area contributed by atoms with Gasteiger partial charge in [0.25, 0.3) is 0 Å². The van der Waals surface area contributed by atoms with Crippen LogP contribution in [0.3, 0.4) is 0 Å². The van der Waals surface area contributed by atoms with Crippen molar-refractivity contribution in [2.75, 3.05) is 0 Å². The Labute approximate surface area is 82.5 Å². The van der Waals surface area contributed by atoms with Gasteiger partial charge in [-0.05, 0) is 6.08 Å². The molecule has 0 aliphatic rings. The highest BCUT2D eigenvalue weighted by Gasteiger charge is 2.16. The first-order chi connectivity index (χ1) is 6.04. The predicted octanol–water partition coefficient (Wildman–Crippen LogP) is 2.98. The maximum absolute atomic E-state index is 8.33. The fraction of sp³-hybridized carbons (Fsp3) is 0.400. The van der Waals surface area contributed by atoms with E-state index in [9.17, 15) is 0 Å². The molecule has 0 bridgehead atoms. The highest BCUT2D eigenvalue weighted by atomic mass is 32.1. The van der Waals surface area contributed by atoms with E-state index in [1.165, 1.54) is 6.08 Å². The molecule has 0 aromatic carbocycles. The number of hydrogen-bond acceptors (Lipinski definition) is 3. The average Bonchev–Trinajstić information content (AvgIpc) is 2.47. The number of nitriles is 1. The van der Waals surface area contributed by atoms with Gasteiger partial charge < -0.3 is 0 Å². The number of rotatable bonds is 1. The van der Waals surface area contributed by atoms with E-state index in [1.54, 1.807) is 17.4 Å². The first-order valence-electron chi connectivity index (χ1n) is 4.06. The van der Waals surface area contributed by atoms with Crippen molar-refractivity contribution in [1.29, 1.82) is 5.26 Å². The lowest BCUT2D eigenvalue weighted by molar-refractivity contribution is 0.585. The van der Waals surface area contributed by atoms with Crippen molar-refractivity contribution in [3.8, 4) is 6.07 Å². The third kappa shape index (κ3) is 2.67. The van der Waals surface area contributed by atoms with Crippen LogP contribution in [0.15, 0.2) is 11.5 Å². The Bertz CT molecular complexity index is 350. The first kappa shape index (κ1) is 9.94. The highest BCUT2D eigenvalue weighted by Crippen LogP contribution is 2.25. The van der Waals surface area contributed by atoms with Crippen molar-refractivity contribution in [2.24, 2.45) is 0 Å². The molecule has 0 spiro atoms. The van der Waals surface area contributed by atoms with Gasteiger partial charge in [-0.25, -0.2) is 4.98 Å². The Morgan fingerprint density at radius 2 is 2.23 bits per heavy atom. The first-order valence-corrected chi connectivity index (χ1v) is 4.94. The Hall–Kier alpha value is -1.14. The minimum absolute atomic E-state index is 0.101. The molecular weight excluding hydrogens is 180 g/mol. The van der Waals surface area contributed by atoms with Gasteiger partial charge in [0, 0.05) is 16.9 Å². The molecule has 13 heavy (non-hydrogen) atoms. The van der Waals surface area contributed by atoms with E-state index in [4.69, 9.17) is 5.26 Å². The molecule has 0 aliphatic heterocycles. The zero-order chi connectivity index (χ0) is 9.90. The summed E-state index contributed by atoms with van der Waals surface area (Å²) in [5.41, 5.74) is 0.972. The summed E-state index contributed by atoms with van der Waals surface area (Å²) in [5.74, 6) is 0. The van der Waals surface area contributed by atoms with Crippen LogP contribution in [0.4, 0.5) is 0 Å². The molecule has 1 aromatic rings. The van der Waals surface area contributed by atoms with Crippen molar-refractivity contribution in [3.05, 3.63) is 22.2 Å². The monoisotopic (exact) mass is 192 g/mol. The van der Waals surface area contributed by atoms with Crippen LogP contribution in [0.5, 0.6) is 0 Å². The van der Waals surface area contributed by atoms with E-state index < -0.39 is 0 Å². The summed E-state index contributed by atoms with van der Waals surface area (Å²) in [7, 11) is 0. The van der Waals surface area contributed by atoms with Crippen molar-refractivity contribution in [2.45, 2.75) is 26.2 Å². The average molecular weight is 192 g/mol. The molecule has 0 unspecified atom stereocenters. The van der Waals surface area contributed by atoms with Gasteiger partial charge in [-0.1, -0.05) is 20.8 Å². The van der Waals surface area contributed by atoms with Gasteiger partial charge in [0.15, 0.2) is 0 Å². The normalized spacial score (nSPS) is 11.8. The van der Waals surface area contributed by atoms with Gasteiger partial charge in [-0.15, -0.1) is 11.3 Å². The van der Waals surface area contributed by atoms with Gasteiger partial charge in [-0.2, -0.15) is 5.26 Å². The molecule has 0 saturated carbocycles. The van der Waals surface area contributed by atoms with Gasteiger partial charge in [-0.3, -0.25) is 0 Å². The van der Waals surface area contributed by atoms with Crippen LogP contribution >= 0.6 is 11.3 Å². The lowest BCUT2D eigenvalue weighted by atomic mass is 9.98.